The lowest BCUT2D eigenvalue weighted by atomic mass is 9.95. The van der Waals surface area contributed by atoms with Gasteiger partial charge in [-0.1, -0.05) is 51.1 Å². The van der Waals surface area contributed by atoms with E-state index in [-0.39, 0.29) is 18.0 Å². The monoisotopic (exact) mass is 260 g/mol. The molecule has 19 heavy (non-hydrogen) atoms. The van der Waals surface area contributed by atoms with Gasteiger partial charge in [0, 0.05) is 0 Å². The second-order valence-electron chi connectivity index (χ2n) is 5.84. The van der Waals surface area contributed by atoms with Crippen molar-refractivity contribution in [2.75, 3.05) is 6.54 Å². The van der Waals surface area contributed by atoms with Crippen LogP contribution in [0.4, 0.5) is 0 Å². The van der Waals surface area contributed by atoms with Crippen LogP contribution < -0.4 is 10.6 Å². The molecule has 3 unspecified atom stereocenters. The van der Waals surface area contributed by atoms with Gasteiger partial charge in [-0.2, -0.15) is 0 Å². The molecule has 2 N–H and O–H groups in total. The highest BCUT2D eigenvalue weighted by molar-refractivity contribution is 5.82. The Morgan fingerprint density at radius 1 is 1.32 bits per heavy atom. The number of hydrogen-bond donors (Lipinski definition) is 2. The summed E-state index contributed by atoms with van der Waals surface area (Å²) < 4.78 is 0. The van der Waals surface area contributed by atoms with Crippen molar-refractivity contribution in [3.63, 3.8) is 0 Å². The smallest absolute Gasteiger partial charge is 0.237 e. The van der Waals surface area contributed by atoms with Crippen LogP contribution in [-0.4, -0.2) is 18.5 Å². The zero-order chi connectivity index (χ0) is 13.8. The number of nitrogens with one attached hydrogen (secondary N) is 2. The lowest BCUT2D eigenvalue weighted by molar-refractivity contribution is -0.124. The molecular weight excluding hydrogens is 236 g/mol. The SMILES string of the molecule is CC(C)C(NC(=O)C1NCCC1C)c1ccccc1. The normalized spacial score (nSPS) is 24.4. The molecule has 104 valence electrons. The Morgan fingerprint density at radius 3 is 2.53 bits per heavy atom. The molecule has 0 aromatic heterocycles. The fraction of sp³-hybridized carbons (Fsp3) is 0.562. The third-order valence-electron chi connectivity index (χ3n) is 3.94. The van der Waals surface area contributed by atoms with Crippen molar-refractivity contribution < 1.29 is 4.79 Å². The highest BCUT2D eigenvalue weighted by atomic mass is 16.2. The standard InChI is InChI=1S/C16H24N2O/c1-11(2)14(13-7-5-4-6-8-13)18-16(19)15-12(3)9-10-17-15/h4-8,11-12,14-15,17H,9-10H2,1-3H3,(H,18,19). The Bertz CT molecular complexity index is 416. The molecule has 1 fully saturated rings. The first-order valence-corrected chi connectivity index (χ1v) is 7.18. The molecule has 1 saturated heterocycles. The summed E-state index contributed by atoms with van der Waals surface area (Å²) in [7, 11) is 0. The Kier molecular flexibility index (Phi) is 4.59. The number of benzene rings is 1. The summed E-state index contributed by atoms with van der Waals surface area (Å²) in [6.45, 7) is 7.36. The van der Waals surface area contributed by atoms with E-state index >= 15 is 0 Å². The van der Waals surface area contributed by atoms with E-state index in [0.29, 0.717) is 11.8 Å². The largest absolute Gasteiger partial charge is 0.348 e. The van der Waals surface area contributed by atoms with Crippen LogP contribution in [0.2, 0.25) is 0 Å². The van der Waals surface area contributed by atoms with Gasteiger partial charge in [-0.3, -0.25) is 4.79 Å². The molecule has 1 aliphatic rings. The second-order valence-corrected chi connectivity index (χ2v) is 5.84. The van der Waals surface area contributed by atoms with E-state index < -0.39 is 0 Å². The predicted octanol–water partition coefficient (Wildman–Crippen LogP) is 2.50. The topological polar surface area (TPSA) is 41.1 Å². The third-order valence-corrected chi connectivity index (χ3v) is 3.94. The molecule has 1 aliphatic heterocycles. The molecule has 1 amide bonds. The van der Waals surface area contributed by atoms with Crippen LogP contribution in [0.1, 0.15) is 38.8 Å². The third kappa shape index (κ3) is 3.35. The Hall–Kier alpha value is -1.35. The van der Waals surface area contributed by atoms with E-state index in [1.54, 1.807) is 0 Å². The molecule has 0 saturated carbocycles. The van der Waals surface area contributed by atoms with Gasteiger partial charge in [0.25, 0.3) is 0 Å². The molecule has 3 heteroatoms. The molecule has 1 aromatic carbocycles. The van der Waals surface area contributed by atoms with Crippen molar-refractivity contribution in [3.05, 3.63) is 35.9 Å². The highest BCUT2D eigenvalue weighted by Gasteiger charge is 2.31. The first-order chi connectivity index (χ1) is 9.09. The van der Waals surface area contributed by atoms with E-state index in [1.165, 1.54) is 5.56 Å². The quantitative estimate of drug-likeness (QED) is 0.873. The molecular formula is C16H24N2O. The van der Waals surface area contributed by atoms with Crippen LogP contribution in [-0.2, 0) is 4.79 Å². The molecule has 2 rings (SSSR count). The molecule has 3 atom stereocenters. The molecule has 1 heterocycles. The summed E-state index contributed by atoms with van der Waals surface area (Å²) in [5, 5.41) is 6.49. The summed E-state index contributed by atoms with van der Waals surface area (Å²) in [5.74, 6) is 0.930. The first-order valence-electron chi connectivity index (χ1n) is 7.18. The minimum absolute atomic E-state index is 0.0371. The van der Waals surface area contributed by atoms with Crippen molar-refractivity contribution in [1.29, 1.82) is 0 Å². The minimum atomic E-state index is -0.0371. The summed E-state index contributed by atoms with van der Waals surface area (Å²) in [6, 6.07) is 10.3. The first kappa shape index (κ1) is 14.1. The fourth-order valence-corrected chi connectivity index (χ4v) is 2.72. The number of amides is 1. The molecule has 0 radical (unpaired) electrons. The average molecular weight is 260 g/mol. The summed E-state index contributed by atoms with van der Waals surface area (Å²) in [4.78, 5) is 12.4. The van der Waals surface area contributed by atoms with Crippen LogP contribution in [0.15, 0.2) is 30.3 Å². The Morgan fingerprint density at radius 2 is 2.00 bits per heavy atom. The predicted molar refractivity (Wildman–Crippen MR) is 77.7 cm³/mol. The van der Waals surface area contributed by atoms with E-state index in [1.807, 2.05) is 18.2 Å². The summed E-state index contributed by atoms with van der Waals surface area (Å²) >= 11 is 0. The fourth-order valence-electron chi connectivity index (χ4n) is 2.72. The zero-order valence-electron chi connectivity index (χ0n) is 12.0. The van der Waals surface area contributed by atoms with Gasteiger partial charge >= 0.3 is 0 Å². The van der Waals surface area contributed by atoms with Gasteiger partial charge in [0.05, 0.1) is 12.1 Å². The van der Waals surface area contributed by atoms with Crippen molar-refractivity contribution in [2.45, 2.75) is 39.3 Å². The van der Waals surface area contributed by atoms with Gasteiger partial charge in [-0.05, 0) is 30.4 Å². The van der Waals surface area contributed by atoms with Gasteiger partial charge in [0.2, 0.25) is 5.91 Å². The number of carbonyl (C=O) groups is 1. The van der Waals surface area contributed by atoms with Gasteiger partial charge in [-0.25, -0.2) is 0 Å². The lowest BCUT2D eigenvalue weighted by Gasteiger charge is -2.25. The molecule has 0 aliphatic carbocycles. The molecule has 0 spiro atoms. The maximum Gasteiger partial charge on any atom is 0.237 e. The Labute approximate surface area is 115 Å². The summed E-state index contributed by atoms with van der Waals surface area (Å²) in [5.41, 5.74) is 1.18. The maximum absolute atomic E-state index is 12.4. The van der Waals surface area contributed by atoms with E-state index in [2.05, 4.69) is 43.5 Å². The van der Waals surface area contributed by atoms with Crippen molar-refractivity contribution >= 4 is 5.91 Å². The highest BCUT2D eigenvalue weighted by Crippen LogP contribution is 2.23. The average Bonchev–Trinajstić information content (AvgIpc) is 2.82. The van der Waals surface area contributed by atoms with E-state index in [9.17, 15) is 4.79 Å². The van der Waals surface area contributed by atoms with Gasteiger partial charge in [0.15, 0.2) is 0 Å². The zero-order valence-corrected chi connectivity index (χ0v) is 12.0. The van der Waals surface area contributed by atoms with Gasteiger partial charge < -0.3 is 10.6 Å². The van der Waals surface area contributed by atoms with Crippen LogP contribution >= 0.6 is 0 Å². The number of rotatable bonds is 4. The van der Waals surface area contributed by atoms with Gasteiger partial charge in [0.1, 0.15) is 0 Å². The van der Waals surface area contributed by atoms with E-state index in [0.717, 1.165) is 13.0 Å². The molecule has 0 bridgehead atoms. The number of hydrogen-bond acceptors (Lipinski definition) is 2. The van der Waals surface area contributed by atoms with Crippen LogP contribution in [0, 0.1) is 11.8 Å². The molecule has 3 nitrogen and oxygen atoms in total. The number of carbonyl (C=O) groups excluding carboxylic acids is 1. The van der Waals surface area contributed by atoms with Crippen LogP contribution in [0.3, 0.4) is 0 Å². The maximum atomic E-state index is 12.4. The van der Waals surface area contributed by atoms with Crippen LogP contribution in [0.25, 0.3) is 0 Å². The van der Waals surface area contributed by atoms with Crippen molar-refractivity contribution in [1.82, 2.24) is 10.6 Å². The lowest BCUT2D eigenvalue weighted by Crippen LogP contribution is -2.45. The molecule has 1 aromatic rings. The van der Waals surface area contributed by atoms with Gasteiger partial charge in [-0.15, -0.1) is 0 Å². The van der Waals surface area contributed by atoms with Crippen molar-refractivity contribution in [3.8, 4) is 0 Å². The Balaban J connectivity index is 2.07. The van der Waals surface area contributed by atoms with Crippen molar-refractivity contribution in [2.24, 2.45) is 11.8 Å². The minimum Gasteiger partial charge on any atom is -0.348 e. The summed E-state index contributed by atoms with van der Waals surface area (Å²) in [6.07, 6.45) is 1.08. The second kappa shape index (κ2) is 6.20. The van der Waals surface area contributed by atoms with E-state index in [4.69, 9.17) is 0 Å². The van der Waals surface area contributed by atoms with Crippen LogP contribution in [0.5, 0.6) is 0 Å².